The Morgan fingerprint density at radius 1 is 1.08 bits per heavy atom. The molecule has 0 saturated heterocycles. The number of nitrogens with one attached hydrogen (secondary N) is 1. The molecule has 0 saturated carbocycles. The van der Waals surface area contributed by atoms with Gasteiger partial charge in [-0.25, -0.2) is 0 Å². The third-order valence-corrected chi connectivity index (χ3v) is 4.45. The molecule has 0 spiro atoms. The lowest BCUT2D eigenvalue weighted by molar-refractivity contribution is -0.139. The molecule has 0 aliphatic rings. The highest BCUT2D eigenvalue weighted by molar-refractivity contribution is 6.30. The molecule has 0 aromatic heterocycles. The van der Waals surface area contributed by atoms with Crippen LogP contribution in [0.3, 0.4) is 0 Å². The van der Waals surface area contributed by atoms with Gasteiger partial charge in [0.25, 0.3) is 0 Å². The summed E-state index contributed by atoms with van der Waals surface area (Å²) in [7, 11) is 3.16. The van der Waals surface area contributed by atoms with Crippen molar-refractivity contribution in [3.63, 3.8) is 0 Å². The summed E-state index contributed by atoms with van der Waals surface area (Å²) in [6, 6.07) is 14.0. The number of amides is 2. The molecular weight excluding hydrogens is 352 g/mol. The second kappa shape index (κ2) is 9.25. The molecule has 138 valence electrons. The van der Waals surface area contributed by atoms with Gasteiger partial charge >= 0.3 is 0 Å². The van der Waals surface area contributed by atoms with Gasteiger partial charge in [0.2, 0.25) is 11.8 Å². The maximum atomic E-state index is 12.9. The number of carbonyl (C=O) groups excluding carboxylic acids is 2. The van der Waals surface area contributed by atoms with Crippen molar-refractivity contribution in [3.8, 4) is 5.75 Å². The average molecular weight is 375 g/mol. The first-order valence-electron chi connectivity index (χ1n) is 8.33. The number of hydrogen-bond acceptors (Lipinski definition) is 3. The van der Waals surface area contributed by atoms with Crippen LogP contribution < -0.4 is 10.1 Å². The summed E-state index contributed by atoms with van der Waals surface area (Å²) >= 11 is 5.92. The van der Waals surface area contributed by atoms with Crippen LogP contribution in [-0.4, -0.2) is 36.9 Å². The van der Waals surface area contributed by atoms with Crippen LogP contribution in [0.25, 0.3) is 0 Å². The largest absolute Gasteiger partial charge is 0.497 e. The summed E-state index contributed by atoms with van der Waals surface area (Å²) in [5, 5.41) is 3.23. The first-order chi connectivity index (χ1) is 12.4. The van der Waals surface area contributed by atoms with Crippen LogP contribution in [0.5, 0.6) is 5.75 Å². The molecule has 0 aliphatic heterocycles. The molecule has 2 aromatic carbocycles. The minimum Gasteiger partial charge on any atom is -0.497 e. The van der Waals surface area contributed by atoms with Gasteiger partial charge < -0.3 is 15.0 Å². The standard InChI is InChI=1S/C20H23ClN2O3/c1-14(20(25)22-2)23(13-16-4-8-17(21)9-5-16)19(24)12-15-6-10-18(26-3)11-7-15/h4-11,14H,12-13H2,1-3H3,(H,22,25). The quantitative estimate of drug-likeness (QED) is 0.810. The molecule has 1 N–H and O–H groups in total. The summed E-state index contributed by atoms with van der Waals surface area (Å²) in [6.07, 6.45) is 0.207. The van der Waals surface area contributed by atoms with E-state index < -0.39 is 6.04 Å². The normalized spacial score (nSPS) is 11.5. The Bertz CT molecular complexity index is 745. The first-order valence-corrected chi connectivity index (χ1v) is 8.71. The van der Waals surface area contributed by atoms with E-state index in [9.17, 15) is 9.59 Å². The molecular formula is C20H23ClN2O3. The van der Waals surface area contributed by atoms with E-state index in [1.54, 1.807) is 38.1 Å². The topological polar surface area (TPSA) is 58.6 Å². The van der Waals surface area contributed by atoms with E-state index in [0.717, 1.165) is 16.9 Å². The number of hydrogen-bond donors (Lipinski definition) is 1. The molecule has 5 nitrogen and oxygen atoms in total. The lowest BCUT2D eigenvalue weighted by atomic mass is 10.1. The Kier molecular flexibility index (Phi) is 7.04. The monoisotopic (exact) mass is 374 g/mol. The highest BCUT2D eigenvalue weighted by Gasteiger charge is 2.25. The fourth-order valence-corrected chi connectivity index (χ4v) is 2.72. The molecule has 2 rings (SSSR count). The fourth-order valence-electron chi connectivity index (χ4n) is 2.60. The molecule has 0 fully saturated rings. The maximum Gasteiger partial charge on any atom is 0.242 e. The number of halogens is 1. The lowest BCUT2D eigenvalue weighted by Crippen LogP contribution is -2.47. The van der Waals surface area contributed by atoms with Crippen molar-refractivity contribution in [2.75, 3.05) is 14.2 Å². The van der Waals surface area contributed by atoms with Crippen molar-refractivity contribution in [3.05, 3.63) is 64.7 Å². The van der Waals surface area contributed by atoms with Gasteiger partial charge in [-0.05, 0) is 42.3 Å². The third-order valence-electron chi connectivity index (χ3n) is 4.19. The van der Waals surface area contributed by atoms with Crippen molar-refractivity contribution in [1.29, 1.82) is 0 Å². The molecule has 0 radical (unpaired) electrons. The SMILES string of the molecule is CNC(=O)C(C)N(Cc1ccc(Cl)cc1)C(=O)Cc1ccc(OC)cc1. The summed E-state index contributed by atoms with van der Waals surface area (Å²) in [4.78, 5) is 26.6. The molecule has 1 unspecified atom stereocenters. The Labute approximate surface area is 158 Å². The zero-order chi connectivity index (χ0) is 19.1. The zero-order valence-electron chi connectivity index (χ0n) is 15.2. The number of benzene rings is 2. The van der Waals surface area contributed by atoms with E-state index in [1.807, 2.05) is 36.4 Å². The van der Waals surface area contributed by atoms with Gasteiger partial charge in [0.1, 0.15) is 11.8 Å². The van der Waals surface area contributed by atoms with Crippen LogP contribution in [0.1, 0.15) is 18.1 Å². The van der Waals surface area contributed by atoms with Crippen LogP contribution in [0.2, 0.25) is 5.02 Å². The molecule has 26 heavy (non-hydrogen) atoms. The molecule has 6 heteroatoms. The lowest BCUT2D eigenvalue weighted by Gasteiger charge is -2.28. The van der Waals surface area contributed by atoms with E-state index >= 15 is 0 Å². The van der Waals surface area contributed by atoms with Crippen LogP contribution >= 0.6 is 11.6 Å². The van der Waals surface area contributed by atoms with Crippen LogP contribution in [0.4, 0.5) is 0 Å². The van der Waals surface area contributed by atoms with Gasteiger partial charge in [-0.15, -0.1) is 0 Å². The maximum absolute atomic E-state index is 12.9. The second-order valence-electron chi connectivity index (χ2n) is 5.96. The van der Waals surface area contributed by atoms with E-state index in [1.165, 1.54) is 0 Å². The number of likely N-dealkylation sites (N-methyl/N-ethyl adjacent to an activating group) is 1. The zero-order valence-corrected chi connectivity index (χ0v) is 15.9. The Morgan fingerprint density at radius 3 is 2.19 bits per heavy atom. The summed E-state index contributed by atoms with van der Waals surface area (Å²) in [6.45, 7) is 2.06. The number of rotatable bonds is 7. The highest BCUT2D eigenvalue weighted by Crippen LogP contribution is 2.16. The molecule has 0 bridgehead atoms. The van der Waals surface area contributed by atoms with Crippen molar-refractivity contribution >= 4 is 23.4 Å². The van der Waals surface area contributed by atoms with Crippen LogP contribution in [0.15, 0.2) is 48.5 Å². The minimum absolute atomic E-state index is 0.124. The Hall–Kier alpha value is -2.53. The predicted molar refractivity (Wildman–Crippen MR) is 102 cm³/mol. The summed E-state index contributed by atoms with van der Waals surface area (Å²) in [5.41, 5.74) is 1.77. The molecule has 0 aliphatic carbocycles. The summed E-state index contributed by atoms with van der Waals surface area (Å²) < 4.78 is 5.14. The fraction of sp³-hybridized carbons (Fsp3) is 0.300. The minimum atomic E-state index is -0.582. The van der Waals surface area contributed by atoms with Crippen molar-refractivity contribution in [2.45, 2.75) is 25.9 Å². The predicted octanol–water partition coefficient (Wildman–Crippen LogP) is 3.05. The van der Waals surface area contributed by atoms with Gasteiger partial charge in [-0.1, -0.05) is 35.9 Å². The smallest absolute Gasteiger partial charge is 0.242 e. The van der Waals surface area contributed by atoms with Crippen molar-refractivity contribution in [2.24, 2.45) is 0 Å². The number of methoxy groups -OCH3 is 1. The third kappa shape index (κ3) is 5.23. The van der Waals surface area contributed by atoms with E-state index in [2.05, 4.69) is 5.32 Å². The number of carbonyl (C=O) groups is 2. The Morgan fingerprint density at radius 2 is 1.65 bits per heavy atom. The van der Waals surface area contributed by atoms with Crippen LogP contribution in [0, 0.1) is 0 Å². The molecule has 1 atom stereocenters. The molecule has 0 heterocycles. The van der Waals surface area contributed by atoms with Gasteiger partial charge in [0, 0.05) is 18.6 Å². The summed E-state index contributed by atoms with van der Waals surface area (Å²) in [5.74, 6) is 0.404. The average Bonchev–Trinajstić information content (AvgIpc) is 2.66. The van der Waals surface area contributed by atoms with Gasteiger partial charge in [-0.2, -0.15) is 0 Å². The van der Waals surface area contributed by atoms with Gasteiger partial charge in [0.05, 0.1) is 13.5 Å². The van der Waals surface area contributed by atoms with Gasteiger partial charge in [-0.3, -0.25) is 9.59 Å². The van der Waals surface area contributed by atoms with Gasteiger partial charge in [0.15, 0.2) is 0 Å². The highest BCUT2D eigenvalue weighted by atomic mass is 35.5. The van der Waals surface area contributed by atoms with Crippen LogP contribution in [-0.2, 0) is 22.6 Å². The van der Waals surface area contributed by atoms with Crippen molar-refractivity contribution < 1.29 is 14.3 Å². The number of nitrogens with zero attached hydrogens (tertiary/aromatic N) is 1. The Balaban J connectivity index is 2.18. The van der Waals surface area contributed by atoms with E-state index in [0.29, 0.717) is 11.6 Å². The van der Waals surface area contributed by atoms with Crippen molar-refractivity contribution in [1.82, 2.24) is 10.2 Å². The number of ether oxygens (including phenoxy) is 1. The van der Waals surface area contributed by atoms with E-state index in [4.69, 9.17) is 16.3 Å². The first kappa shape index (κ1) is 19.8. The molecule has 2 amide bonds. The molecule has 2 aromatic rings. The van der Waals surface area contributed by atoms with E-state index in [-0.39, 0.29) is 18.2 Å². The second-order valence-corrected chi connectivity index (χ2v) is 6.40.